The smallest absolute Gasteiger partial charge is 0.332 e. The average Bonchev–Trinajstić information content (AvgIpc) is 2.59. The van der Waals surface area contributed by atoms with Crippen molar-refractivity contribution in [2.24, 2.45) is 0 Å². The second-order valence-electron chi connectivity index (χ2n) is 3.85. The lowest BCUT2D eigenvalue weighted by molar-refractivity contribution is -0.150. The van der Waals surface area contributed by atoms with Crippen LogP contribution in [0, 0.1) is 0 Å². The Morgan fingerprint density at radius 2 is 1.75 bits per heavy atom. The fourth-order valence-electron chi connectivity index (χ4n) is 1.33. The second kappa shape index (κ2) is 7.87. The van der Waals surface area contributed by atoms with Crippen molar-refractivity contribution in [2.75, 3.05) is 26.4 Å². The van der Waals surface area contributed by atoms with Crippen LogP contribution in [0.15, 0.2) is 8.96 Å². The van der Waals surface area contributed by atoms with E-state index in [1.807, 2.05) is 0 Å². The Morgan fingerprint density at radius 1 is 1.20 bits per heavy atom. The zero-order chi connectivity index (χ0) is 15.3. The van der Waals surface area contributed by atoms with Gasteiger partial charge in [0.2, 0.25) is 0 Å². The van der Waals surface area contributed by atoms with Gasteiger partial charge in [0, 0.05) is 0 Å². The number of amides is 2. The topological polar surface area (TPSA) is 93.1 Å². The third kappa shape index (κ3) is 4.37. The van der Waals surface area contributed by atoms with Gasteiger partial charge in [0.25, 0.3) is 11.8 Å². The van der Waals surface area contributed by atoms with Crippen LogP contribution in [0.4, 0.5) is 0 Å². The van der Waals surface area contributed by atoms with Crippen molar-refractivity contribution < 1.29 is 29.0 Å². The summed E-state index contributed by atoms with van der Waals surface area (Å²) < 4.78 is 10.5. The molecule has 1 heterocycles. The van der Waals surface area contributed by atoms with E-state index in [2.05, 4.69) is 31.9 Å². The molecule has 0 saturated carbocycles. The van der Waals surface area contributed by atoms with E-state index in [-0.39, 0.29) is 35.3 Å². The molecule has 0 bridgehead atoms. The number of nitrogens with zero attached hydrogens (tertiary/aromatic N) is 1. The van der Waals surface area contributed by atoms with Crippen LogP contribution in [-0.2, 0) is 23.9 Å². The van der Waals surface area contributed by atoms with Crippen LogP contribution >= 0.6 is 31.9 Å². The highest BCUT2D eigenvalue weighted by Crippen LogP contribution is 2.28. The fraction of sp³-hybridized carbons (Fsp3) is 0.545. The number of rotatable bonds is 8. The maximum Gasteiger partial charge on any atom is 0.332 e. The number of carboxylic acids is 1. The molecule has 0 aromatic carbocycles. The van der Waals surface area contributed by atoms with E-state index in [0.29, 0.717) is 0 Å². The van der Waals surface area contributed by atoms with Gasteiger partial charge in [-0.05, 0) is 38.8 Å². The Kier molecular flexibility index (Phi) is 6.80. The SMILES string of the molecule is CC(OCCOCCN1C(=O)C(Br)=C(Br)C1=O)C(=O)O. The quantitative estimate of drug-likeness (QED) is 0.467. The minimum atomic E-state index is -1.04. The molecule has 1 N–H and O–H groups in total. The van der Waals surface area contributed by atoms with Crippen LogP contribution in [0.1, 0.15) is 6.92 Å². The zero-order valence-electron chi connectivity index (χ0n) is 10.6. The van der Waals surface area contributed by atoms with Gasteiger partial charge in [-0.2, -0.15) is 0 Å². The van der Waals surface area contributed by atoms with Crippen molar-refractivity contribution in [3.8, 4) is 0 Å². The van der Waals surface area contributed by atoms with E-state index in [4.69, 9.17) is 14.6 Å². The lowest BCUT2D eigenvalue weighted by atomic mass is 10.4. The van der Waals surface area contributed by atoms with Crippen LogP contribution in [0.25, 0.3) is 0 Å². The summed E-state index contributed by atoms with van der Waals surface area (Å²) in [5.41, 5.74) is 0. The van der Waals surface area contributed by atoms with Gasteiger partial charge in [-0.3, -0.25) is 14.5 Å². The number of carbonyl (C=O) groups is 3. The molecule has 112 valence electrons. The molecule has 20 heavy (non-hydrogen) atoms. The number of carboxylic acid groups (broad SMARTS) is 1. The summed E-state index contributed by atoms with van der Waals surface area (Å²) in [5, 5.41) is 8.58. The molecule has 1 aliphatic rings. The van der Waals surface area contributed by atoms with Crippen molar-refractivity contribution in [2.45, 2.75) is 13.0 Å². The molecular formula is C11H13Br2NO6. The Labute approximate surface area is 132 Å². The van der Waals surface area contributed by atoms with Crippen molar-refractivity contribution in [1.29, 1.82) is 0 Å². The van der Waals surface area contributed by atoms with Crippen LogP contribution in [0.2, 0.25) is 0 Å². The number of imide groups is 1. The Hall–Kier alpha value is -0.770. The third-order valence-electron chi connectivity index (χ3n) is 2.46. The van der Waals surface area contributed by atoms with Gasteiger partial charge in [0.15, 0.2) is 6.10 Å². The normalized spacial score (nSPS) is 17.1. The molecule has 0 aromatic heterocycles. The highest BCUT2D eigenvalue weighted by atomic mass is 79.9. The maximum absolute atomic E-state index is 11.6. The average molecular weight is 415 g/mol. The number of hydrogen-bond acceptors (Lipinski definition) is 5. The van der Waals surface area contributed by atoms with E-state index >= 15 is 0 Å². The van der Waals surface area contributed by atoms with Crippen molar-refractivity contribution >= 4 is 49.6 Å². The van der Waals surface area contributed by atoms with E-state index in [0.717, 1.165) is 4.90 Å². The first-order valence-corrected chi connectivity index (χ1v) is 7.28. The van der Waals surface area contributed by atoms with Crippen LogP contribution in [-0.4, -0.2) is 60.3 Å². The van der Waals surface area contributed by atoms with E-state index in [1.165, 1.54) is 6.92 Å². The summed E-state index contributed by atoms with van der Waals surface area (Å²) >= 11 is 6.03. The van der Waals surface area contributed by atoms with Gasteiger partial charge >= 0.3 is 5.97 Å². The molecule has 7 nitrogen and oxygen atoms in total. The maximum atomic E-state index is 11.6. The standard InChI is InChI=1S/C11H13Br2NO6/c1-6(11(17)18)20-5-4-19-3-2-14-9(15)7(12)8(13)10(14)16/h6H,2-5H2,1H3,(H,17,18). The van der Waals surface area contributed by atoms with Crippen molar-refractivity contribution in [3.63, 3.8) is 0 Å². The summed E-state index contributed by atoms with van der Waals surface area (Å²) in [5.74, 6) is -1.87. The fourth-order valence-corrected chi connectivity index (χ4v) is 2.10. The molecule has 1 rings (SSSR count). The third-order valence-corrected chi connectivity index (χ3v) is 4.46. The zero-order valence-corrected chi connectivity index (χ0v) is 13.8. The first-order chi connectivity index (χ1) is 9.36. The molecule has 0 spiro atoms. The molecule has 0 radical (unpaired) electrons. The minimum Gasteiger partial charge on any atom is -0.479 e. The summed E-state index contributed by atoms with van der Waals surface area (Å²) in [4.78, 5) is 34.8. The highest BCUT2D eigenvalue weighted by Gasteiger charge is 2.35. The first kappa shape index (κ1) is 17.3. The van der Waals surface area contributed by atoms with Gasteiger partial charge < -0.3 is 14.6 Å². The summed E-state index contributed by atoms with van der Waals surface area (Å²) in [6.45, 7) is 2.01. The first-order valence-electron chi connectivity index (χ1n) is 5.70. The van der Waals surface area contributed by atoms with E-state index in [9.17, 15) is 14.4 Å². The van der Waals surface area contributed by atoms with Crippen molar-refractivity contribution in [1.82, 2.24) is 4.90 Å². The van der Waals surface area contributed by atoms with Gasteiger partial charge in [-0.25, -0.2) is 4.79 Å². The molecule has 2 amide bonds. The van der Waals surface area contributed by atoms with Gasteiger partial charge in [0.05, 0.1) is 26.4 Å². The monoisotopic (exact) mass is 413 g/mol. The summed E-state index contributed by atoms with van der Waals surface area (Å²) in [6.07, 6.45) is -0.892. The summed E-state index contributed by atoms with van der Waals surface area (Å²) in [7, 11) is 0. The highest BCUT2D eigenvalue weighted by molar-refractivity contribution is 9.14. The lowest BCUT2D eigenvalue weighted by Crippen LogP contribution is -2.34. The van der Waals surface area contributed by atoms with Gasteiger partial charge in [-0.15, -0.1) is 0 Å². The number of aliphatic carboxylic acids is 1. The van der Waals surface area contributed by atoms with Crippen LogP contribution in [0.5, 0.6) is 0 Å². The molecule has 0 aromatic rings. The number of ether oxygens (including phenoxy) is 2. The predicted octanol–water partition coefficient (Wildman–Crippen LogP) is 0.863. The molecular weight excluding hydrogens is 402 g/mol. The van der Waals surface area contributed by atoms with Crippen LogP contribution < -0.4 is 0 Å². The number of hydrogen-bond donors (Lipinski definition) is 1. The lowest BCUT2D eigenvalue weighted by Gasteiger charge is -2.14. The van der Waals surface area contributed by atoms with Gasteiger partial charge in [-0.1, -0.05) is 0 Å². The molecule has 1 atom stereocenters. The Bertz CT molecular complexity index is 426. The minimum absolute atomic E-state index is 0.121. The molecule has 1 aliphatic heterocycles. The van der Waals surface area contributed by atoms with Crippen molar-refractivity contribution in [3.05, 3.63) is 8.96 Å². The molecule has 0 aliphatic carbocycles. The molecule has 0 fully saturated rings. The molecule has 1 unspecified atom stereocenters. The van der Waals surface area contributed by atoms with Gasteiger partial charge in [0.1, 0.15) is 8.96 Å². The number of halogens is 2. The van der Waals surface area contributed by atoms with E-state index < -0.39 is 23.9 Å². The Morgan fingerprint density at radius 3 is 2.25 bits per heavy atom. The van der Waals surface area contributed by atoms with E-state index in [1.54, 1.807) is 0 Å². The van der Waals surface area contributed by atoms with Crippen LogP contribution in [0.3, 0.4) is 0 Å². The second-order valence-corrected chi connectivity index (χ2v) is 5.44. The summed E-state index contributed by atoms with van der Waals surface area (Å²) in [6, 6.07) is 0. The molecule has 0 saturated heterocycles. The predicted molar refractivity (Wildman–Crippen MR) is 75.5 cm³/mol. The largest absolute Gasteiger partial charge is 0.479 e. The molecule has 9 heteroatoms. The number of carbonyl (C=O) groups excluding carboxylic acids is 2. The Balaban J connectivity index is 2.19.